The predicted octanol–water partition coefficient (Wildman–Crippen LogP) is 4.12. The van der Waals surface area contributed by atoms with Crippen molar-refractivity contribution in [3.8, 4) is 0 Å². The van der Waals surface area contributed by atoms with Crippen LogP contribution < -0.4 is 5.32 Å². The summed E-state index contributed by atoms with van der Waals surface area (Å²) in [5, 5.41) is 28.8. The summed E-state index contributed by atoms with van der Waals surface area (Å²) in [7, 11) is 1.23. The first-order chi connectivity index (χ1) is 16.3. The number of nitro benzene ring substituents is 1. The fourth-order valence-corrected chi connectivity index (χ4v) is 4.69. The van der Waals surface area contributed by atoms with Crippen LogP contribution in [0.15, 0.2) is 63.6 Å². The van der Waals surface area contributed by atoms with E-state index in [-0.39, 0.29) is 29.9 Å². The number of carbonyl (C=O) groups is 2. The van der Waals surface area contributed by atoms with Gasteiger partial charge in [-0.05, 0) is 54.6 Å². The first-order valence-electron chi connectivity index (χ1n) is 10.7. The van der Waals surface area contributed by atoms with Crippen molar-refractivity contribution in [2.24, 2.45) is 0 Å². The number of ether oxygens (including phenoxy) is 2. The van der Waals surface area contributed by atoms with Gasteiger partial charge in [0.1, 0.15) is 0 Å². The number of nitrogens with zero attached hydrogens (tertiary/aromatic N) is 1. The maximum absolute atomic E-state index is 13.2. The van der Waals surface area contributed by atoms with Gasteiger partial charge in [0.2, 0.25) is 0 Å². The molecule has 0 saturated carbocycles. The molecule has 2 unspecified atom stereocenters. The van der Waals surface area contributed by atoms with E-state index in [2.05, 4.69) is 5.32 Å². The highest BCUT2D eigenvalue weighted by Crippen LogP contribution is 2.41. The van der Waals surface area contributed by atoms with E-state index >= 15 is 0 Å². The number of hydrogen-bond donors (Lipinski definition) is 2. The van der Waals surface area contributed by atoms with Crippen LogP contribution in [-0.4, -0.2) is 35.7 Å². The quantitative estimate of drug-likeness (QED) is 0.308. The lowest BCUT2D eigenvalue weighted by molar-refractivity contribution is -0.384. The van der Waals surface area contributed by atoms with Gasteiger partial charge in [0.25, 0.3) is 5.69 Å². The average Bonchev–Trinajstić information content (AvgIpc) is 3.37. The molecule has 34 heavy (non-hydrogen) atoms. The van der Waals surface area contributed by atoms with Crippen molar-refractivity contribution < 1.29 is 29.1 Å². The van der Waals surface area contributed by atoms with Gasteiger partial charge < -0.3 is 19.9 Å². The standard InChI is InChI=1S/C24H26N2O7S/c1-4-33-24(29)22-18(8-9-19(27)16-10-11-34-13-16)25-14(2)20(23(28)32-3)21(22)15-6-5-7-17(12-15)26(30)31/h5-7,10-13,19,21,25,27H,4,8-9H2,1-3H3. The lowest BCUT2D eigenvalue weighted by Gasteiger charge is -2.31. The van der Waals surface area contributed by atoms with Crippen molar-refractivity contribution in [3.05, 3.63) is 84.9 Å². The Morgan fingerprint density at radius 2 is 2.03 bits per heavy atom. The average molecular weight is 487 g/mol. The summed E-state index contributed by atoms with van der Waals surface area (Å²) < 4.78 is 10.3. The summed E-state index contributed by atoms with van der Waals surface area (Å²) in [6.45, 7) is 3.44. The number of esters is 2. The number of carbonyl (C=O) groups excluding carboxylic acids is 2. The first-order valence-corrected chi connectivity index (χ1v) is 11.6. The van der Waals surface area contributed by atoms with Crippen LogP contribution in [0.4, 0.5) is 5.69 Å². The lowest BCUT2D eigenvalue weighted by Crippen LogP contribution is -2.33. The van der Waals surface area contributed by atoms with Gasteiger partial charge in [0.05, 0.1) is 41.8 Å². The number of aliphatic hydroxyl groups excluding tert-OH is 1. The zero-order valence-electron chi connectivity index (χ0n) is 19.1. The Balaban J connectivity index is 2.13. The molecule has 1 aromatic heterocycles. The SMILES string of the molecule is CCOC(=O)C1=C(CCC(O)c2ccsc2)NC(C)=C(C(=O)OC)C1c1cccc([N+](=O)[O-])c1. The Morgan fingerprint density at radius 1 is 1.26 bits per heavy atom. The summed E-state index contributed by atoms with van der Waals surface area (Å²) in [5.41, 5.74) is 2.24. The second-order valence-electron chi connectivity index (χ2n) is 7.66. The zero-order chi connectivity index (χ0) is 24.8. The predicted molar refractivity (Wildman–Crippen MR) is 126 cm³/mol. The Bertz CT molecular complexity index is 1140. The van der Waals surface area contributed by atoms with Crippen LogP contribution >= 0.6 is 11.3 Å². The van der Waals surface area contributed by atoms with Crippen LogP contribution in [0, 0.1) is 10.1 Å². The molecule has 0 aliphatic carbocycles. The molecular weight excluding hydrogens is 460 g/mol. The van der Waals surface area contributed by atoms with E-state index < -0.39 is 28.9 Å². The summed E-state index contributed by atoms with van der Waals surface area (Å²) in [6, 6.07) is 7.63. The van der Waals surface area contributed by atoms with Crippen LogP contribution in [-0.2, 0) is 19.1 Å². The lowest BCUT2D eigenvalue weighted by atomic mass is 9.79. The second kappa shape index (κ2) is 11.1. The van der Waals surface area contributed by atoms with Crippen molar-refractivity contribution >= 4 is 29.0 Å². The van der Waals surface area contributed by atoms with Gasteiger partial charge in [-0.15, -0.1) is 0 Å². The third kappa shape index (κ3) is 5.35. The summed E-state index contributed by atoms with van der Waals surface area (Å²) in [4.78, 5) is 36.8. The molecule has 0 bridgehead atoms. The normalized spacial score (nSPS) is 16.6. The highest BCUT2D eigenvalue weighted by atomic mass is 32.1. The molecule has 0 amide bonds. The van der Waals surface area contributed by atoms with Crippen LogP contribution in [0.5, 0.6) is 0 Å². The molecule has 180 valence electrons. The fourth-order valence-electron chi connectivity index (χ4n) is 3.99. The van der Waals surface area contributed by atoms with Gasteiger partial charge >= 0.3 is 11.9 Å². The van der Waals surface area contributed by atoms with E-state index in [1.54, 1.807) is 19.9 Å². The van der Waals surface area contributed by atoms with Crippen molar-refractivity contribution in [2.75, 3.05) is 13.7 Å². The molecule has 0 spiro atoms. The minimum atomic E-state index is -0.944. The molecule has 1 aromatic carbocycles. The molecule has 0 radical (unpaired) electrons. The molecule has 1 aliphatic rings. The van der Waals surface area contributed by atoms with Gasteiger partial charge in [0.15, 0.2) is 0 Å². The highest BCUT2D eigenvalue weighted by molar-refractivity contribution is 7.07. The minimum Gasteiger partial charge on any atom is -0.466 e. The number of non-ortho nitro benzene ring substituents is 1. The molecule has 0 fully saturated rings. The summed E-state index contributed by atoms with van der Waals surface area (Å²) in [6.07, 6.45) is -0.154. The van der Waals surface area contributed by atoms with E-state index in [0.29, 0.717) is 23.4 Å². The van der Waals surface area contributed by atoms with E-state index in [0.717, 1.165) is 5.56 Å². The monoisotopic (exact) mass is 486 g/mol. The summed E-state index contributed by atoms with van der Waals surface area (Å²) in [5.74, 6) is -2.26. The Labute approximate surface area is 200 Å². The molecule has 2 N–H and O–H groups in total. The number of methoxy groups -OCH3 is 1. The molecular formula is C24H26N2O7S. The number of nitrogens with one attached hydrogen (secondary N) is 1. The maximum atomic E-state index is 13.2. The van der Waals surface area contributed by atoms with E-state index in [4.69, 9.17) is 9.47 Å². The molecule has 2 atom stereocenters. The maximum Gasteiger partial charge on any atom is 0.336 e. The van der Waals surface area contributed by atoms with Gasteiger partial charge in [0, 0.05) is 23.5 Å². The van der Waals surface area contributed by atoms with E-state index in [1.807, 2.05) is 16.8 Å². The van der Waals surface area contributed by atoms with Gasteiger partial charge in [-0.25, -0.2) is 9.59 Å². The van der Waals surface area contributed by atoms with Crippen LogP contribution in [0.3, 0.4) is 0 Å². The number of aliphatic hydroxyl groups is 1. The number of rotatable bonds is 9. The topological polar surface area (TPSA) is 128 Å². The molecule has 10 heteroatoms. The Hall–Kier alpha value is -3.50. The van der Waals surface area contributed by atoms with Crippen molar-refractivity contribution in [3.63, 3.8) is 0 Å². The number of benzene rings is 1. The smallest absolute Gasteiger partial charge is 0.336 e. The first kappa shape index (κ1) is 25.1. The van der Waals surface area contributed by atoms with Crippen molar-refractivity contribution in [2.45, 2.75) is 38.7 Å². The van der Waals surface area contributed by atoms with Gasteiger partial charge in [-0.3, -0.25) is 10.1 Å². The number of hydrogen-bond acceptors (Lipinski definition) is 9. The molecule has 2 heterocycles. The van der Waals surface area contributed by atoms with Gasteiger partial charge in [-0.2, -0.15) is 11.3 Å². The van der Waals surface area contributed by atoms with Crippen molar-refractivity contribution in [1.82, 2.24) is 5.32 Å². The largest absolute Gasteiger partial charge is 0.466 e. The minimum absolute atomic E-state index is 0.102. The molecule has 3 rings (SSSR count). The fraction of sp³-hybridized carbons (Fsp3) is 0.333. The van der Waals surface area contributed by atoms with Crippen LogP contribution in [0.25, 0.3) is 0 Å². The second-order valence-corrected chi connectivity index (χ2v) is 8.44. The molecule has 0 saturated heterocycles. The van der Waals surface area contributed by atoms with Crippen LogP contribution in [0.2, 0.25) is 0 Å². The molecule has 1 aliphatic heterocycles. The zero-order valence-corrected chi connectivity index (χ0v) is 19.9. The third-order valence-electron chi connectivity index (χ3n) is 5.56. The van der Waals surface area contributed by atoms with Crippen LogP contribution in [0.1, 0.15) is 49.8 Å². The van der Waals surface area contributed by atoms with E-state index in [1.165, 1.54) is 36.6 Å². The number of dihydropyridines is 1. The molecule has 2 aromatic rings. The van der Waals surface area contributed by atoms with Crippen molar-refractivity contribution in [1.29, 1.82) is 0 Å². The number of allylic oxidation sites excluding steroid dienone is 2. The molecule has 9 nitrogen and oxygen atoms in total. The summed E-state index contributed by atoms with van der Waals surface area (Å²) >= 11 is 1.47. The van der Waals surface area contributed by atoms with Gasteiger partial charge in [-0.1, -0.05) is 12.1 Å². The number of nitro groups is 1. The number of thiophene rings is 1. The third-order valence-corrected chi connectivity index (χ3v) is 6.26. The Kier molecular flexibility index (Phi) is 8.19. The Morgan fingerprint density at radius 3 is 2.65 bits per heavy atom. The van der Waals surface area contributed by atoms with E-state index in [9.17, 15) is 24.8 Å². The highest BCUT2D eigenvalue weighted by Gasteiger charge is 2.39.